The standard InChI is InChI=1S/C37H40O6Si/c1-37(2,3)44(26-16-11-9-12-17-26,27-18-13-10-14-19-27)43-30-21-15-20-28-31(39-5)24-29(36(42-8)35(28)30)34-32(40-6)22-25(38-4)23-33(34)41-7/h9-24H,1-8H3. The molecule has 0 aliphatic heterocycles. The second-order valence-corrected chi connectivity index (χ2v) is 15.7. The van der Waals surface area contributed by atoms with Crippen molar-refractivity contribution in [2.45, 2.75) is 25.8 Å². The van der Waals surface area contributed by atoms with E-state index in [2.05, 4.69) is 69.3 Å². The van der Waals surface area contributed by atoms with Crippen LogP contribution >= 0.6 is 0 Å². The fourth-order valence-corrected chi connectivity index (χ4v) is 10.5. The number of rotatable bonds is 10. The van der Waals surface area contributed by atoms with Gasteiger partial charge in [0.05, 0.1) is 46.5 Å². The molecule has 0 saturated heterocycles. The summed E-state index contributed by atoms with van der Waals surface area (Å²) >= 11 is 0. The van der Waals surface area contributed by atoms with Crippen LogP contribution in [0.5, 0.6) is 34.5 Å². The molecule has 7 heteroatoms. The molecule has 5 aromatic carbocycles. The van der Waals surface area contributed by atoms with Crippen LogP contribution < -0.4 is 38.5 Å². The molecule has 0 spiro atoms. The zero-order chi connectivity index (χ0) is 31.5. The van der Waals surface area contributed by atoms with E-state index in [9.17, 15) is 0 Å². The maximum absolute atomic E-state index is 7.56. The summed E-state index contributed by atoms with van der Waals surface area (Å²) in [4.78, 5) is 0. The summed E-state index contributed by atoms with van der Waals surface area (Å²) < 4.78 is 37.1. The van der Waals surface area contributed by atoms with Crippen LogP contribution in [0.4, 0.5) is 0 Å². The fraction of sp³-hybridized carbons (Fsp3) is 0.243. The fourth-order valence-electron chi connectivity index (χ4n) is 6.12. The van der Waals surface area contributed by atoms with E-state index >= 15 is 0 Å². The summed E-state index contributed by atoms with van der Waals surface area (Å²) in [5.41, 5.74) is 1.46. The minimum absolute atomic E-state index is 0.241. The van der Waals surface area contributed by atoms with Gasteiger partial charge in [-0.25, -0.2) is 0 Å². The van der Waals surface area contributed by atoms with Gasteiger partial charge in [0, 0.05) is 23.1 Å². The zero-order valence-corrected chi connectivity index (χ0v) is 27.7. The molecule has 0 fully saturated rings. The number of benzene rings is 5. The van der Waals surface area contributed by atoms with Gasteiger partial charge in [-0.05, 0) is 27.5 Å². The number of methoxy groups -OCH3 is 5. The van der Waals surface area contributed by atoms with E-state index in [0.717, 1.165) is 16.3 Å². The van der Waals surface area contributed by atoms with Crippen LogP contribution in [0.15, 0.2) is 97.1 Å². The van der Waals surface area contributed by atoms with Gasteiger partial charge in [-0.15, -0.1) is 0 Å². The van der Waals surface area contributed by atoms with Gasteiger partial charge >= 0.3 is 8.32 Å². The first kappa shape index (κ1) is 30.8. The van der Waals surface area contributed by atoms with Crippen LogP contribution in [-0.4, -0.2) is 43.9 Å². The van der Waals surface area contributed by atoms with E-state index in [-0.39, 0.29) is 5.04 Å². The average Bonchev–Trinajstić information content (AvgIpc) is 3.05. The second kappa shape index (κ2) is 12.5. The van der Waals surface area contributed by atoms with E-state index < -0.39 is 8.32 Å². The van der Waals surface area contributed by atoms with Gasteiger partial charge in [-0.2, -0.15) is 0 Å². The first-order valence-corrected chi connectivity index (χ1v) is 16.4. The van der Waals surface area contributed by atoms with E-state index in [1.54, 1.807) is 35.5 Å². The molecule has 44 heavy (non-hydrogen) atoms. The van der Waals surface area contributed by atoms with Crippen molar-refractivity contribution in [1.29, 1.82) is 0 Å². The van der Waals surface area contributed by atoms with Gasteiger partial charge in [0.1, 0.15) is 34.5 Å². The predicted molar refractivity (Wildman–Crippen MR) is 180 cm³/mol. The van der Waals surface area contributed by atoms with Crippen molar-refractivity contribution in [3.05, 3.63) is 97.1 Å². The van der Waals surface area contributed by atoms with Gasteiger partial charge < -0.3 is 28.1 Å². The highest BCUT2D eigenvalue weighted by Gasteiger charge is 2.52. The third kappa shape index (κ3) is 5.22. The first-order valence-electron chi connectivity index (χ1n) is 14.5. The summed E-state index contributed by atoms with van der Waals surface area (Å²) in [5, 5.41) is 3.79. The van der Waals surface area contributed by atoms with E-state index in [1.165, 1.54) is 10.4 Å². The Hall–Kier alpha value is -4.62. The lowest BCUT2D eigenvalue weighted by Gasteiger charge is -2.43. The van der Waals surface area contributed by atoms with Crippen molar-refractivity contribution in [1.82, 2.24) is 0 Å². The third-order valence-corrected chi connectivity index (χ3v) is 13.1. The normalized spacial score (nSPS) is 11.6. The lowest BCUT2D eigenvalue weighted by atomic mass is 9.96. The molecule has 0 radical (unpaired) electrons. The van der Waals surface area contributed by atoms with Gasteiger partial charge in [-0.3, -0.25) is 0 Å². The molecule has 0 aliphatic carbocycles. The number of fused-ring (bicyclic) bond motifs is 1. The van der Waals surface area contributed by atoms with Crippen molar-refractivity contribution in [3.63, 3.8) is 0 Å². The molecule has 0 unspecified atom stereocenters. The molecule has 0 N–H and O–H groups in total. The minimum atomic E-state index is -2.98. The maximum atomic E-state index is 7.56. The van der Waals surface area contributed by atoms with Crippen LogP contribution in [0.1, 0.15) is 20.8 Å². The lowest BCUT2D eigenvalue weighted by molar-refractivity contribution is 0.376. The largest absolute Gasteiger partial charge is 0.533 e. The molecular formula is C37H40O6Si. The highest BCUT2D eigenvalue weighted by Crippen LogP contribution is 2.52. The molecule has 0 amide bonds. The Morgan fingerprint density at radius 1 is 0.523 bits per heavy atom. The molecule has 0 aromatic heterocycles. The predicted octanol–water partition coefficient (Wildman–Crippen LogP) is 7.49. The summed E-state index contributed by atoms with van der Waals surface area (Å²) in [6.45, 7) is 6.79. The molecule has 228 valence electrons. The summed E-state index contributed by atoms with van der Waals surface area (Å²) in [5.74, 6) is 3.77. The van der Waals surface area contributed by atoms with Crippen LogP contribution in [0.25, 0.3) is 21.9 Å². The van der Waals surface area contributed by atoms with Crippen molar-refractivity contribution in [3.8, 4) is 45.6 Å². The van der Waals surface area contributed by atoms with Crippen LogP contribution in [0, 0.1) is 0 Å². The molecule has 5 aromatic rings. The molecule has 5 rings (SSSR count). The van der Waals surface area contributed by atoms with Crippen molar-refractivity contribution >= 4 is 29.5 Å². The van der Waals surface area contributed by atoms with Crippen LogP contribution in [-0.2, 0) is 0 Å². The smallest absolute Gasteiger partial charge is 0.319 e. The SMILES string of the molecule is COc1cc(OC)c(-c2cc(OC)c3cccc(O[Si](c4ccccc4)(c4ccccc4)C(C)(C)C)c3c2OC)c(OC)c1. The number of hydrogen-bond donors (Lipinski definition) is 0. The van der Waals surface area contributed by atoms with E-state index in [1.807, 2.05) is 48.5 Å². The Bertz CT molecular complexity index is 1680. The number of ether oxygens (including phenoxy) is 5. The maximum Gasteiger partial charge on any atom is 0.319 e. The average molecular weight is 609 g/mol. The third-order valence-electron chi connectivity index (χ3n) is 8.13. The summed E-state index contributed by atoms with van der Waals surface area (Å²) in [6.07, 6.45) is 0. The zero-order valence-electron chi connectivity index (χ0n) is 26.7. The molecule has 6 nitrogen and oxygen atoms in total. The van der Waals surface area contributed by atoms with Gasteiger partial charge in [-0.1, -0.05) is 93.6 Å². The molecule has 0 atom stereocenters. The molecule has 0 saturated carbocycles. The number of hydrogen-bond acceptors (Lipinski definition) is 6. The Balaban J connectivity index is 1.89. The highest BCUT2D eigenvalue weighted by atomic mass is 28.4. The minimum Gasteiger partial charge on any atom is -0.533 e. The summed E-state index contributed by atoms with van der Waals surface area (Å²) in [7, 11) is 5.23. The van der Waals surface area contributed by atoms with Crippen LogP contribution in [0.3, 0.4) is 0 Å². The first-order chi connectivity index (χ1) is 21.2. The van der Waals surface area contributed by atoms with Crippen LogP contribution in [0.2, 0.25) is 5.04 Å². The topological polar surface area (TPSA) is 55.4 Å². The Labute approximate surface area is 261 Å². The van der Waals surface area contributed by atoms with Crippen molar-refractivity contribution in [2.24, 2.45) is 0 Å². The Kier molecular flexibility index (Phi) is 8.79. The van der Waals surface area contributed by atoms with Gasteiger partial charge in [0.25, 0.3) is 0 Å². The monoisotopic (exact) mass is 608 g/mol. The van der Waals surface area contributed by atoms with Gasteiger partial charge in [0.15, 0.2) is 0 Å². The van der Waals surface area contributed by atoms with Crippen molar-refractivity contribution in [2.75, 3.05) is 35.5 Å². The molecule has 0 heterocycles. The molecular weight excluding hydrogens is 568 g/mol. The Morgan fingerprint density at radius 2 is 1.07 bits per heavy atom. The highest BCUT2D eigenvalue weighted by molar-refractivity contribution is 7.00. The van der Waals surface area contributed by atoms with Gasteiger partial charge in [0.2, 0.25) is 0 Å². The summed E-state index contributed by atoms with van der Waals surface area (Å²) in [6, 6.07) is 32.9. The quantitative estimate of drug-likeness (QED) is 0.153. The lowest BCUT2D eigenvalue weighted by Crippen LogP contribution is -2.68. The van der Waals surface area contributed by atoms with E-state index in [4.69, 9.17) is 28.1 Å². The Morgan fingerprint density at radius 3 is 1.52 bits per heavy atom. The molecule has 0 bridgehead atoms. The molecule has 0 aliphatic rings. The second-order valence-electron chi connectivity index (χ2n) is 11.5. The van der Waals surface area contributed by atoms with E-state index in [0.29, 0.717) is 40.1 Å². The van der Waals surface area contributed by atoms with Crippen molar-refractivity contribution < 1.29 is 28.1 Å².